The summed E-state index contributed by atoms with van der Waals surface area (Å²) < 4.78 is 32.5. The molecule has 2 aromatic carbocycles. The first-order chi connectivity index (χ1) is 8.99. The Hall–Kier alpha value is -1.46. The first-order valence-electron chi connectivity index (χ1n) is 5.66. The van der Waals surface area contributed by atoms with Crippen LogP contribution in [0.2, 0.25) is 0 Å². The number of hydrogen-bond donors (Lipinski definition) is 1. The Morgan fingerprint density at radius 1 is 1.16 bits per heavy atom. The monoisotopic (exact) mass is 327 g/mol. The zero-order valence-electron chi connectivity index (χ0n) is 10.2. The van der Waals surface area contributed by atoms with Gasteiger partial charge in [0, 0.05) is 6.04 Å². The van der Waals surface area contributed by atoms with Crippen molar-refractivity contribution in [2.45, 2.75) is 13.0 Å². The Kier molecular flexibility index (Phi) is 4.17. The van der Waals surface area contributed by atoms with E-state index in [1.165, 1.54) is 12.1 Å². The summed E-state index contributed by atoms with van der Waals surface area (Å²) in [4.78, 5) is 0. The third-order valence-corrected chi connectivity index (χ3v) is 3.24. The van der Waals surface area contributed by atoms with E-state index >= 15 is 0 Å². The molecule has 2 rings (SSSR count). The fourth-order valence-electron chi connectivity index (χ4n) is 1.56. The number of benzene rings is 2. The van der Waals surface area contributed by atoms with Crippen LogP contribution < -0.4 is 10.5 Å². The standard InChI is InChI=1S/C14H12BrF2NO/c1-8(18)9-5-6-12(10(15)7-9)19-13-4-2-3-11(16)14(13)17/h2-8H,18H2,1H3. The van der Waals surface area contributed by atoms with Crippen LogP contribution in [0, 0.1) is 11.6 Å². The predicted octanol–water partition coefficient (Wildman–Crippen LogP) is 4.54. The number of rotatable bonds is 3. The average molecular weight is 328 g/mol. The van der Waals surface area contributed by atoms with Crippen molar-refractivity contribution in [2.75, 3.05) is 0 Å². The van der Waals surface area contributed by atoms with Gasteiger partial charge in [0.25, 0.3) is 0 Å². The van der Waals surface area contributed by atoms with Gasteiger partial charge in [-0.15, -0.1) is 0 Å². The summed E-state index contributed by atoms with van der Waals surface area (Å²) in [6.45, 7) is 1.86. The van der Waals surface area contributed by atoms with E-state index in [0.717, 1.165) is 11.6 Å². The van der Waals surface area contributed by atoms with Gasteiger partial charge in [0.1, 0.15) is 5.75 Å². The highest BCUT2D eigenvalue weighted by atomic mass is 79.9. The SMILES string of the molecule is CC(N)c1ccc(Oc2cccc(F)c2F)c(Br)c1. The molecular formula is C14H12BrF2NO. The van der Waals surface area contributed by atoms with Crippen LogP contribution in [0.4, 0.5) is 8.78 Å². The van der Waals surface area contributed by atoms with Crippen molar-refractivity contribution in [3.05, 3.63) is 58.1 Å². The van der Waals surface area contributed by atoms with E-state index in [1.807, 2.05) is 6.92 Å². The minimum Gasteiger partial charge on any atom is -0.453 e. The third kappa shape index (κ3) is 3.11. The van der Waals surface area contributed by atoms with Crippen molar-refractivity contribution < 1.29 is 13.5 Å². The van der Waals surface area contributed by atoms with E-state index in [0.29, 0.717) is 10.2 Å². The summed E-state index contributed by atoms with van der Waals surface area (Å²) in [5.74, 6) is -1.71. The highest BCUT2D eigenvalue weighted by molar-refractivity contribution is 9.10. The number of halogens is 3. The summed E-state index contributed by atoms with van der Waals surface area (Å²) in [6, 6.07) is 8.90. The predicted molar refractivity (Wildman–Crippen MR) is 73.2 cm³/mol. The largest absolute Gasteiger partial charge is 0.453 e. The highest BCUT2D eigenvalue weighted by Crippen LogP contribution is 2.33. The van der Waals surface area contributed by atoms with Crippen molar-refractivity contribution in [2.24, 2.45) is 5.73 Å². The molecule has 2 aromatic rings. The lowest BCUT2D eigenvalue weighted by Gasteiger charge is -2.11. The van der Waals surface area contributed by atoms with Gasteiger partial charge in [0.2, 0.25) is 5.82 Å². The summed E-state index contributed by atoms with van der Waals surface area (Å²) in [5.41, 5.74) is 6.67. The molecule has 0 radical (unpaired) electrons. The molecule has 19 heavy (non-hydrogen) atoms. The van der Waals surface area contributed by atoms with Crippen molar-refractivity contribution in [3.8, 4) is 11.5 Å². The maximum atomic E-state index is 13.5. The molecule has 0 aliphatic carbocycles. The minimum atomic E-state index is -1.01. The van der Waals surface area contributed by atoms with Gasteiger partial charge in [-0.05, 0) is 52.7 Å². The van der Waals surface area contributed by atoms with Crippen LogP contribution in [0.1, 0.15) is 18.5 Å². The van der Waals surface area contributed by atoms with Crippen LogP contribution in [0.5, 0.6) is 11.5 Å². The van der Waals surface area contributed by atoms with Gasteiger partial charge >= 0.3 is 0 Å². The first kappa shape index (κ1) is 14.0. The van der Waals surface area contributed by atoms with E-state index in [1.54, 1.807) is 18.2 Å². The summed E-state index contributed by atoms with van der Waals surface area (Å²) in [7, 11) is 0. The minimum absolute atomic E-state index is 0.115. The molecule has 0 saturated carbocycles. The molecule has 2 N–H and O–H groups in total. The number of hydrogen-bond acceptors (Lipinski definition) is 2. The van der Waals surface area contributed by atoms with Crippen LogP contribution in [-0.2, 0) is 0 Å². The molecular weight excluding hydrogens is 316 g/mol. The summed E-state index contributed by atoms with van der Waals surface area (Å²) >= 11 is 3.32. The van der Waals surface area contributed by atoms with Crippen LogP contribution >= 0.6 is 15.9 Å². The Morgan fingerprint density at radius 3 is 2.53 bits per heavy atom. The summed E-state index contributed by atoms with van der Waals surface area (Å²) in [5, 5.41) is 0. The molecule has 0 bridgehead atoms. The molecule has 0 aliphatic heterocycles. The van der Waals surface area contributed by atoms with Gasteiger partial charge in [0.05, 0.1) is 4.47 Å². The summed E-state index contributed by atoms with van der Waals surface area (Å²) in [6.07, 6.45) is 0. The number of nitrogens with two attached hydrogens (primary N) is 1. The second kappa shape index (κ2) is 5.67. The Bertz CT molecular complexity index is 602. The second-order valence-electron chi connectivity index (χ2n) is 4.13. The molecule has 0 heterocycles. The van der Waals surface area contributed by atoms with Crippen LogP contribution in [0.25, 0.3) is 0 Å². The molecule has 100 valence electrons. The van der Waals surface area contributed by atoms with Gasteiger partial charge in [-0.25, -0.2) is 4.39 Å². The highest BCUT2D eigenvalue weighted by Gasteiger charge is 2.12. The maximum Gasteiger partial charge on any atom is 0.201 e. The normalized spacial score (nSPS) is 12.3. The van der Waals surface area contributed by atoms with E-state index < -0.39 is 11.6 Å². The molecule has 1 unspecified atom stereocenters. The molecule has 2 nitrogen and oxygen atoms in total. The van der Waals surface area contributed by atoms with Crippen molar-refractivity contribution in [1.29, 1.82) is 0 Å². The van der Waals surface area contributed by atoms with Gasteiger partial charge < -0.3 is 10.5 Å². The van der Waals surface area contributed by atoms with Gasteiger partial charge in [-0.1, -0.05) is 12.1 Å². The smallest absolute Gasteiger partial charge is 0.201 e. The van der Waals surface area contributed by atoms with Crippen molar-refractivity contribution in [3.63, 3.8) is 0 Å². The van der Waals surface area contributed by atoms with Crippen LogP contribution in [0.3, 0.4) is 0 Å². The zero-order chi connectivity index (χ0) is 14.0. The fraction of sp³-hybridized carbons (Fsp3) is 0.143. The van der Waals surface area contributed by atoms with E-state index in [9.17, 15) is 8.78 Å². The molecule has 5 heteroatoms. The van der Waals surface area contributed by atoms with Crippen molar-refractivity contribution >= 4 is 15.9 Å². The average Bonchev–Trinajstić information content (AvgIpc) is 2.37. The molecule has 0 aliphatic rings. The second-order valence-corrected chi connectivity index (χ2v) is 4.99. The zero-order valence-corrected chi connectivity index (χ0v) is 11.7. The maximum absolute atomic E-state index is 13.5. The Balaban J connectivity index is 2.31. The van der Waals surface area contributed by atoms with Crippen LogP contribution in [0.15, 0.2) is 40.9 Å². The van der Waals surface area contributed by atoms with Crippen LogP contribution in [-0.4, -0.2) is 0 Å². The molecule has 0 saturated heterocycles. The van der Waals surface area contributed by atoms with E-state index in [4.69, 9.17) is 10.5 Å². The lowest BCUT2D eigenvalue weighted by Crippen LogP contribution is -2.04. The van der Waals surface area contributed by atoms with Gasteiger partial charge in [-0.3, -0.25) is 0 Å². The Morgan fingerprint density at radius 2 is 1.89 bits per heavy atom. The first-order valence-corrected chi connectivity index (χ1v) is 6.45. The molecule has 0 amide bonds. The fourth-order valence-corrected chi connectivity index (χ4v) is 2.04. The molecule has 0 spiro atoms. The Labute approximate surface area is 118 Å². The quantitative estimate of drug-likeness (QED) is 0.898. The third-order valence-electron chi connectivity index (χ3n) is 2.62. The van der Waals surface area contributed by atoms with E-state index in [2.05, 4.69) is 15.9 Å². The molecule has 0 aromatic heterocycles. The van der Waals surface area contributed by atoms with Crippen molar-refractivity contribution in [1.82, 2.24) is 0 Å². The number of ether oxygens (including phenoxy) is 1. The molecule has 1 atom stereocenters. The lowest BCUT2D eigenvalue weighted by atomic mass is 10.1. The lowest BCUT2D eigenvalue weighted by molar-refractivity contribution is 0.414. The van der Waals surface area contributed by atoms with Gasteiger partial charge in [0.15, 0.2) is 11.6 Å². The van der Waals surface area contributed by atoms with E-state index in [-0.39, 0.29) is 11.8 Å². The van der Waals surface area contributed by atoms with Gasteiger partial charge in [-0.2, -0.15) is 4.39 Å². The molecule has 0 fully saturated rings. The topological polar surface area (TPSA) is 35.2 Å².